The molecule has 0 saturated heterocycles. The number of Topliss-reactive ketones (excluding diaryl/α,β-unsaturated/α-hetero) is 3. The highest BCUT2D eigenvalue weighted by Crippen LogP contribution is 2.20. The van der Waals surface area contributed by atoms with Crippen LogP contribution in [0.15, 0.2) is 40.3 Å². The first kappa shape index (κ1) is 63.5. The number of amides is 4. The number of nitrogens with two attached hydrogens (primary N) is 4. The number of carbonyl (C=O) groups excluding carboxylic acids is 7. The molecule has 0 aromatic heterocycles. The number of nitrogens with zero attached hydrogens (tertiary/aromatic N) is 2. The number of carbonyl (C=O) groups is 7. The van der Waals surface area contributed by atoms with Crippen molar-refractivity contribution in [2.24, 2.45) is 56.6 Å². The molecule has 8 atom stereocenters. The standard InChI is InChI=1S/C51H88N10O10/c1-6-7-8-9-10-11-12-13-17-24-44(68)60-46(35(5)64)49(71)61-45(33(2)3)43(67)29-37(28-36-21-15-14-16-22-36)47(69)58-39(23-19-26-57-51(54)55)42(66)30-38(31-62)48(70)59-40(32-63)41(65)27-34(4)20-18-25-56-50(52)53/h14-16,21-22,33-35,37-40,45-46,62-64H,6-13,17-20,23-32H2,1-5H3,(H,58,69)(H,59,70)(H,60,68)(H,61,71)(H4,52,53,56)(H4,54,55,57)/t34-,35-,37-,38+,39+,40+,45+,46+/m1/s1. The fourth-order valence-corrected chi connectivity index (χ4v) is 8.12. The van der Waals surface area contributed by atoms with Gasteiger partial charge >= 0.3 is 0 Å². The Labute approximate surface area is 421 Å². The molecule has 0 unspecified atom stereocenters. The quantitative estimate of drug-likeness (QED) is 0.0255. The highest BCUT2D eigenvalue weighted by molar-refractivity contribution is 5.97. The number of aliphatic hydroxyl groups excluding tert-OH is 3. The number of hydrogen-bond acceptors (Lipinski definition) is 12. The molecule has 0 heterocycles. The third-order valence-electron chi connectivity index (χ3n) is 12.3. The van der Waals surface area contributed by atoms with Crippen LogP contribution in [0.4, 0.5) is 0 Å². The summed E-state index contributed by atoms with van der Waals surface area (Å²) in [5.74, 6) is -7.54. The maximum atomic E-state index is 14.4. The SMILES string of the molecule is CCCCCCCCCCCC(=O)N[C@H](C(=O)N[C@H](C(=O)C[C@@H](Cc1ccccc1)C(=O)N[C@@H](CCCN=C(N)N)C(=O)C[C@@H](CO)C(=O)N[C@@H](CO)C(=O)C[C@H](C)CCCN=C(N)N)C(C)C)[C@@H](C)O. The lowest BCUT2D eigenvalue weighted by Gasteiger charge is -2.28. The molecule has 0 bridgehead atoms. The molecule has 1 rings (SSSR count). The molecule has 0 radical (unpaired) electrons. The summed E-state index contributed by atoms with van der Waals surface area (Å²) in [4.78, 5) is 104. The summed E-state index contributed by atoms with van der Waals surface area (Å²) >= 11 is 0. The average Bonchev–Trinajstić information content (AvgIpc) is 3.31. The number of aliphatic imine (C=N–C) groups is 2. The van der Waals surface area contributed by atoms with Crippen molar-refractivity contribution >= 4 is 52.9 Å². The minimum atomic E-state index is -1.36. The Balaban J connectivity index is 3.24. The van der Waals surface area contributed by atoms with Crippen LogP contribution in [-0.4, -0.2) is 125 Å². The molecule has 1 aromatic rings. The van der Waals surface area contributed by atoms with Gasteiger partial charge in [0, 0.05) is 44.7 Å². The number of aliphatic hydroxyl groups is 3. The molecule has 0 aliphatic rings. The van der Waals surface area contributed by atoms with E-state index in [1.165, 1.54) is 32.6 Å². The van der Waals surface area contributed by atoms with Crippen molar-refractivity contribution in [1.82, 2.24) is 21.3 Å². The van der Waals surface area contributed by atoms with E-state index in [0.29, 0.717) is 31.4 Å². The Morgan fingerprint density at radius 3 is 1.62 bits per heavy atom. The lowest BCUT2D eigenvalue weighted by Crippen LogP contribution is -2.57. The first-order valence-corrected chi connectivity index (χ1v) is 25.6. The first-order chi connectivity index (χ1) is 33.7. The van der Waals surface area contributed by atoms with Crippen molar-refractivity contribution in [3.63, 3.8) is 0 Å². The summed E-state index contributed by atoms with van der Waals surface area (Å²) in [7, 11) is 0. The van der Waals surface area contributed by atoms with Gasteiger partial charge in [-0.2, -0.15) is 0 Å². The zero-order chi connectivity index (χ0) is 53.3. The lowest BCUT2D eigenvalue weighted by atomic mass is 9.87. The Kier molecular flexibility index (Phi) is 32.6. The largest absolute Gasteiger partial charge is 0.396 e. The second kappa shape index (κ2) is 36.5. The summed E-state index contributed by atoms with van der Waals surface area (Å²) in [6.07, 6.45) is 9.05. The van der Waals surface area contributed by atoms with Gasteiger partial charge in [-0.15, -0.1) is 0 Å². The molecule has 1 aromatic carbocycles. The van der Waals surface area contributed by atoms with Gasteiger partial charge in [0.05, 0.1) is 37.3 Å². The van der Waals surface area contributed by atoms with Crippen molar-refractivity contribution in [3.05, 3.63) is 35.9 Å². The van der Waals surface area contributed by atoms with Crippen LogP contribution >= 0.6 is 0 Å². The van der Waals surface area contributed by atoms with E-state index in [1.54, 1.807) is 44.2 Å². The number of guanidine groups is 2. The second-order valence-electron chi connectivity index (χ2n) is 19.2. The van der Waals surface area contributed by atoms with Crippen LogP contribution in [0, 0.1) is 23.7 Å². The second-order valence-corrected chi connectivity index (χ2v) is 19.2. The number of hydrogen-bond donors (Lipinski definition) is 11. The zero-order valence-corrected chi connectivity index (χ0v) is 43.0. The highest BCUT2D eigenvalue weighted by Gasteiger charge is 2.35. The molecular weight excluding hydrogens is 913 g/mol. The van der Waals surface area contributed by atoms with Gasteiger partial charge in [-0.25, -0.2) is 0 Å². The van der Waals surface area contributed by atoms with Gasteiger partial charge in [-0.05, 0) is 62.8 Å². The van der Waals surface area contributed by atoms with Crippen molar-refractivity contribution in [2.45, 2.75) is 180 Å². The Hall–Kier alpha value is -5.47. The minimum Gasteiger partial charge on any atom is -0.396 e. The number of benzene rings is 1. The molecule has 20 nitrogen and oxygen atoms in total. The van der Waals surface area contributed by atoms with E-state index >= 15 is 0 Å². The normalized spacial score (nSPS) is 14.6. The Morgan fingerprint density at radius 1 is 0.563 bits per heavy atom. The van der Waals surface area contributed by atoms with Crippen LogP contribution in [0.25, 0.3) is 0 Å². The summed E-state index contributed by atoms with van der Waals surface area (Å²) in [6, 6.07) is 3.87. The molecule has 0 fully saturated rings. The van der Waals surface area contributed by atoms with E-state index in [9.17, 15) is 48.9 Å². The predicted molar refractivity (Wildman–Crippen MR) is 275 cm³/mol. The van der Waals surface area contributed by atoms with Gasteiger partial charge in [0.25, 0.3) is 0 Å². The van der Waals surface area contributed by atoms with Gasteiger partial charge in [-0.3, -0.25) is 43.5 Å². The maximum Gasteiger partial charge on any atom is 0.245 e. The molecule has 71 heavy (non-hydrogen) atoms. The van der Waals surface area contributed by atoms with Crippen LogP contribution in [0.2, 0.25) is 0 Å². The average molecular weight is 1000 g/mol. The van der Waals surface area contributed by atoms with E-state index in [2.05, 4.69) is 38.2 Å². The van der Waals surface area contributed by atoms with Gasteiger partial charge < -0.3 is 59.5 Å². The Morgan fingerprint density at radius 2 is 1.08 bits per heavy atom. The van der Waals surface area contributed by atoms with Crippen LogP contribution in [-0.2, 0) is 40.0 Å². The monoisotopic (exact) mass is 1000 g/mol. The zero-order valence-electron chi connectivity index (χ0n) is 43.0. The molecule has 20 heteroatoms. The number of nitrogens with one attached hydrogen (secondary N) is 4. The predicted octanol–water partition coefficient (Wildman–Crippen LogP) is 1.96. The molecule has 0 saturated carbocycles. The van der Waals surface area contributed by atoms with Crippen LogP contribution in [0.1, 0.15) is 149 Å². The van der Waals surface area contributed by atoms with Gasteiger partial charge in [0.15, 0.2) is 29.3 Å². The van der Waals surface area contributed by atoms with E-state index < -0.39 is 109 Å². The van der Waals surface area contributed by atoms with E-state index in [-0.39, 0.29) is 62.9 Å². The molecular formula is C51H88N10O10. The van der Waals surface area contributed by atoms with Gasteiger partial charge in [0.2, 0.25) is 23.6 Å². The van der Waals surface area contributed by atoms with Crippen molar-refractivity contribution in [3.8, 4) is 0 Å². The summed E-state index contributed by atoms with van der Waals surface area (Å²) in [5, 5.41) is 41.5. The fraction of sp³-hybridized carbons (Fsp3) is 0.706. The molecule has 402 valence electrons. The number of unbranched alkanes of at least 4 members (excludes halogenated alkanes) is 8. The lowest BCUT2D eigenvalue weighted by molar-refractivity contribution is -0.137. The summed E-state index contributed by atoms with van der Waals surface area (Å²) in [5.41, 5.74) is 22.4. The van der Waals surface area contributed by atoms with Gasteiger partial charge in [-0.1, -0.05) is 109 Å². The van der Waals surface area contributed by atoms with Gasteiger partial charge in [0.1, 0.15) is 12.1 Å². The van der Waals surface area contributed by atoms with Crippen molar-refractivity contribution in [2.75, 3.05) is 26.3 Å². The summed E-state index contributed by atoms with van der Waals surface area (Å²) < 4.78 is 0. The van der Waals surface area contributed by atoms with Crippen LogP contribution in [0.3, 0.4) is 0 Å². The maximum absolute atomic E-state index is 14.4. The molecule has 0 spiro atoms. The summed E-state index contributed by atoms with van der Waals surface area (Å²) in [6.45, 7) is 7.76. The van der Waals surface area contributed by atoms with E-state index in [0.717, 1.165) is 25.7 Å². The number of ketones is 3. The molecule has 4 amide bonds. The molecule has 15 N–H and O–H groups in total. The smallest absolute Gasteiger partial charge is 0.245 e. The van der Waals surface area contributed by atoms with Crippen molar-refractivity contribution < 1.29 is 48.9 Å². The molecule has 0 aliphatic carbocycles. The third kappa shape index (κ3) is 27.6. The fourth-order valence-electron chi connectivity index (χ4n) is 8.12. The molecule has 0 aliphatic heterocycles. The first-order valence-electron chi connectivity index (χ1n) is 25.6. The van der Waals surface area contributed by atoms with E-state index in [4.69, 9.17) is 22.9 Å². The topological polar surface area (TPSA) is 357 Å². The highest BCUT2D eigenvalue weighted by atomic mass is 16.3. The van der Waals surface area contributed by atoms with Crippen molar-refractivity contribution in [1.29, 1.82) is 0 Å². The third-order valence-corrected chi connectivity index (χ3v) is 12.3. The van der Waals surface area contributed by atoms with E-state index in [1.807, 2.05) is 6.92 Å². The number of rotatable bonds is 40. The minimum absolute atomic E-state index is 0.00218. The Bertz CT molecular complexity index is 1820. The van der Waals surface area contributed by atoms with Crippen LogP contribution < -0.4 is 44.2 Å². The van der Waals surface area contributed by atoms with Crippen LogP contribution in [0.5, 0.6) is 0 Å².